The lowest BCUT2D eigenvalue weighted by Gasteiger charge is -2.10. The molecule has 0 aliphatic rings. The number of nitrogens with one attached hydrogen (secondary N) is 1. The molecule has 0 saturated carbocycles. The molecule has 0 heterocycles. The van der Waals surface area contributed by atoms with Crippen molar-refractivity contribution in [2.24, 2.45) is 0 Å². The van der Waals surface area contributed by atoms with Gasteiger partial charge in [0.2, 0.25) is 0 Å². The fourth-order valence-electron chi connectivity index (χ4n) is 1.27. The van der Waals surface area contributed by atoms with Gasteiger partial charge in [0.25, 0.3) is 0 Å². The summed E-state index contributed by atoms with van der Waals surface area (Å²) in [5.74, 6) is -1.23. The number of amides is 1. The summed E-state index contributed by atoms with van der Waals surface area (Å²) < 4.78 is 4.92. The summed E-state index contributed by atoms with van der Waals surface area (Å²) in [6.45, 7) is 0.0849. The van der Waals surface area contributed by atoms with Crippen LogP contribution < -0.4 is 5.32 Å². The maximum Gasteiger partial charge on any atom is 0.412 e. The van der Waals surface area contributed by atoms with Crippen molar-refractivity contribution in [3.63, 3.8) is 0 Å². The molecular weight excluding hydrogens is 248 g/mol. The normalized spacial score (nSPS) is 10.7. The molecule has 1 amide bonds. The van der Waals surface area contributed by atoms with Crippen molar-refractivity contribution in [3.05, 3.63) is 47.8 Å². The van der Waals surface area contributed by atoms with E-state index in [9.17, 15) is 9.59 Å². The van der Waals surface area contributed by atoms with Crippen molar-refractivity contribution in [2.45, 2.75) is 6.61 Å². The zero-order valence-corrected chi connectivity index (χ0v) is 10.8. The molecule has 102 valence electrons. The Balaban J connectivity index is 2.52. The number of carbonyl (C=O) groups excluding carboxylic acids is 1. The third-order valence-electron chi connectivity index (χ3n) is 2.07. The molecule has 0 atom stereocenters. The topological polar surface area (TPSA) is 78.9 Å². The van der Waals surface area contributed by atoms with Crippen molar-refractivity contribution in [1.82, 2.24) is 10.2 Å². The first-order chi connectivity index (χ1) is 8.99. The Labute approximate surface area is 111 Å². The number of carboxylic acid groups (broad SMARTS) is 1. The zero-order chi connectivity index (χ0) is 14.3. The molecule has 1 aromatic rings. The van der Waals surface area contributed by atoms with Crippen LogP contribution in [-0.2, 0) is 16.1 Å². The number of carboxylic acids is 1. The molecule has 6 heteroatoms. The molecule has 0 aliphatic carbocycles. The monoisotopic (exact) mass is 264 g/mol. The Bertz CT molecular complexity index is 469. The quantitative estimate of drug-likeness (QED) is 0.786. The van der Waals surface area contributed by atoms with Gasteiger partial charge in [0.1, 0.15) is 12.3 Å². The second kappa shape index (κ2) is 7.05. The molecule has 0 aromatic heterocycles. The van der Waals surface area contributed by atoms with Gasteiger partial charge in [0.15, 0.2) is 0 Å². The van der Waals surface area contributed by atoms with E-state index in [0.29, 0.717) is 0 Å². The van der Waals surface area contributed by atoms with Gasteiger partial charge in [-0.2, -0.15) is 0 Å². The second-order valence-corrected chi connectivity index (χ2v) is 4.00. The molecule has 2 N–H and O–H groups in total. The Kier molecular flexibility index (Phi) is 5.40. The summed E-state index contributed by atoms with van der Waals surface area (Å²) >= 11 is 0. The molecule has 0 spiro atoms. The van der Waals surface area contributed by atoms with Crippen LogP contribution in [0.15, 0.2) is 42.2 Å². The standard InChI is InChI=1S/C13H16N2O4/c1-15(2)8-11(12(16)17)14-13(18)19-9-10-6-4-3-5-7-10/h3-8H,9H2,1-2H3,(H,14,18)(H,16,17)/b11-8+. The molecule has 19 heavy (non-hydrogen) atoms. The number of alkyl carbamates (subject to hydrolysis) is 1. The van der Waals surface area contributed by atoms with Crippen LogP contribution in [0.25, 0.3) is 0 Å². The fraction of sp³-hybridized carbons (Fsp3) is 0.231. The minimum absolute atomic E-state index is 0.0849. The third-order valence-corrected chi connectivity index (χ3v) is 2.07. The van der Waals surface area contributed by atoms with Crippen molar-refractivity contribution in [2.75, 3.05) is 14.1 Å². The van der Waals surface area contributed by atoms with E-state index in [1.807, 2.05) is 18.2 Å². The van der Waals surface area contributed by atoms with Crippen LogP contribution in [0, 0.1) is 0 Å². The van der Waals surface area contributed by atoms with Crippen LogP contribution in [0.1, 0.15) is 5.56 Å². The van der Waals surface area contributed by atoms with Gasteiger partial charge in [-0.1, -0.05) is 30.3 Å². The molecule has 1 rings (SSSR count). The van der Waals surface area contributed by atoms with E-state index in [-0.39, 0.29) is 12.3 Å². The summed E-state index contributed by atoms with van der Waals surface area (Å²) in [6.07, 6.45) is 0.478. The lowest BCUT2D eigenvalue weighted by Crippen LogP contribution is -2.29. The lowest BCUT2D eigenvalue weighted by molar-refractivity contribution is -0.133. The number of carbonyl (C=O) groups is 2. The van der Waals surface area contributed by atoms with Gasteiger partial charge in [-0.3, -0.25) is 5.32 Å². The lowest BCUT2D eigenvalue weighted by atomic mass is 10.2. The third kappa shape index (κ3) is 5.58. The number of hydrogen-bond donors (Lipinski definition) is 2. The molecular formula is C13H16N2O4. The summed E-state index contributed by atoms with van der Waals surface area (Å²) in [7, 11) is 3.31. The number of rotatable bonds is 5. The molecule has 6 nitrogen and oxygen atoms in total. The molecule has 0 unspecified atom stereocenters. The van der Waals surface area contributed by atoms with Crippen molar-refractivity contribution < 1.29 is 19.4 Å². The Morgan fingerprint density at radius 2 is 1.95 bits per heavy atom. The van der Waals surface area contributed by atoms with Crippen molar-refractivity contribution in [1.29, 1.82) is 0 Å². The highest BCUT2D eigenvalue weighted by Crippen LogP contribution is 2.01. The molecule has 1 aromatic carbocycles. The van der Waals surface area contributed by atoms with Gasteiger partial charge in [-0.05, 0) is 5.56 Å². The van der Waals surface area contributed by atoms with E-state index in [2.05, 4.69) is 5.32 Å². The van der Waals surface area contributed by atoms with E-state index in [4.69, 9.17) is 9.84 Å². The number of hydrogen-bond acceptors (Lipinski definition) is 4. The first-order valence-corrected chi connectivity index (χ1v) is 5.58. The van der Waals surface area contributed by atoms with Crippen molar-refractivity contribution in [3.8, 4) is 0 Å². The first kappa shape index (κ1) is 14.6. The highest BCUT2D eigenvalue weighted by atomic mass is 16.5. The van der Waals surface area contributed by atoms with Gasteiger partial charge in [-0.15, -0.1) is 0 Å². The molecule has 0 saturated heterocycles. The minimum atomic E-state index is -1.23. The maximum absolute atomic E-state index is 11.5. The Morgan fingerprint density at radius 1 is 1.32 bits per heavy atom. The van der Waals surface area contributed by atoms with Crippen LogP contribution in [0.2, 0.25) is 0 Å². The highest BCUT2D eigenvalue weighted by Gasteiger charge is 2.12. The van der Waals surface area contributed by atoms with Gasteiger partial charge in [-0.25, -0.2) is 9.59 Å². The molecule has 0 radical (unpaired) electrons. The minimum Gasteiger partial charge on any atom is -0.477 e. The van der Waals surface area contributed by atoms with Gasteiger partial charge in [0, 0.05) is 20.3 Å². The van der Waals surface area contributed by atoms with Crippen LogP contribution >= 0.6 is 0 Å². The van der Waals surface area contributed by atoms with Crippen LogP contribution in [0.4, 0.5) is 4.79 Å². The molecule has 0 bridgehead atoms. The van der Waals surface area contributed by atoms with E-state index >= 15 is 0 Å². The number of ether oxygens (including phenoxy) is 1. The van der Waals surface area contributed by atoms with Crippen LogP contribution in [-0.4, -0.2) is 36.2 Å². The average molecular weight is 264 g/mol. The number of benzene rings is 1. The van der Waals surface area contributed by atoms with Crippen LogP contribution in [0.5, 0.6) is 0 Å². The SMILES string of the molecule is CN(C)/C=C(/NC(=O)OCc1ccccc1)C(=O)O. The zero-order valence-electron chi connectivity index (χ0n) is 10.8. The Morgan fingerprint density at radius 3 is 2.47 bits per heavy atom. The van der Waals surface area contributed by atoms with Crippen LogP contribution in [0.3, 0.4) is 0 Å². The fourth-order valence-corrected chi connectivity index (χ4v) is 1.27. The van der Waals surface area contributed by atoms with Gasteiger partial charge >= 0.3 is 12.1 Å². The second-order valence-electron chi connectivity index (χ2n) is 4.00. The molecule has 0 fully saturated rings. The first-order valence-electron chi connectivity index (χ1n) is 5.58. The number of nitrogens with zero attached hydrogens (tertiary/aromatic N) is 1. The predicted octanol–water partition coefficient (Wildman–Crippen LogP) is 1.40. The van der Waals surface area contributed by atoms with E-state index in [0.717, 1.165) is 5.56 Å². The predicted molar refractivity (Wildman–Crippen MR) is 69.2 cm³/mol. The average Bonchev–Trinajstić information content (AvgIpc) is 2.36. The summed E-state index contributed by atoms with van der Waals surface area (Å²) in [5.41, 5.74) is 0.578. The van der Waals surface area contributed by atoms with E-state index in [1.54, 1.807) is 26.2 Å². The molecule has 0 aliphatic heterocycles. The van der Waals surface area contributed by atoms with Crippen molar-refractivity contribution >= 4 is 12.1 Å². The maximum atomic E-state index is 11.5. The van der Waals surface area contributed by atoms with E-state index in [1.165, 1.54) is 11.1 Å². The largest absolute Gasteiger partial charge is 0.477 e. The number of aliphatic carboxylic acids is 1. The Hall–Kier alpha value is -2.50. The summed E-state index contributed by atoms with van der Waals surface area (Å²) in [4.78, 5) is 23.9. The highest BCUT2D eigenvalue weighted by molar-refractivity contribution is 5.90. The summed E-state index contributed by atoms with van der Waals surface area (Å²) in [6, 6.07) is 9.12. The smallest absolute Gasteiger partial charge is 0.412 e. The van der Waals surface area contributed by atoms with E-state index < -0.39 is 12.1 Å². The summed E-state index contributed by atoms with van der Waals surface area (Å²) in [5, 5.41) is 11.1. The van der Waals surface area contributed by atoms with Gasteiger partial charge < -0.3 is 14.7 Å². The van der Waals surface area contributed by atoms with Gasteiger partial charge in [0.05, 0.1) is 0 Å².